The molecule has 0 bridgehead atoms. The summed E-state index contributed by atoms with van der Waals surface area (Å²) in [6.45, 7) is 7.76. The molecule has 52 heavy (non-hydrogen) atoms. The van der Waals surface area contributed by atoms with E-state index in [9.17, 15) is 19.5 Å². The zero-order chi connectivity index (χ0) is 35.3. The van der Waals surface area contributed by atoms with E-state index in [4.69, 9.17) is 0 Å². The molecular formula is C43H51N5O4. The van der Waals surface area contributed by atoms with Gasteiger partial charge in [0.15, 0.2) is 0 Å². The minimum absolute atomic E-state index is 0.116. The molecule has 1 saturated carbocycles. The van der Waals surface area contributed by atoms with Crippen LogP contribution in [0.25, 0.3) is 0 Å². The Kier molecular flexibility index (Phi) is 8.93. The van der Waals surface area contributed by atoms with E-state index < -0.39 is 6.04 Å². The van der Waals surface area contributed by atoms with Crippen molar-refractivity contribution in [2.24, 2.45) is 17.8 Å². The molecule has 4 heterocycles. The Balaban J connectivity index is 0.765. The maximum Gasteiger partial charge on any atom is 0.255 e. The molecule has 0 unspecified atom stereocenters. The van der Waals surface area contributed by atoms with Crippen LogP contribution in [0.1, 0.15) is 89.9 Å². The normalized spacial score (nSPS) is 25.7. The van der Waals surface area contributed by atoms with Gasteiger partial charge in [0.2, 0.25) is 11.8 Å². The Morgan fingerprint density at radius 2 is 1.44 bits per heavy atom. The van der Waals surface area contributed by atoms with Crippen LogP contribution >= 0.6 is 0 Å². The molecule has 3 amide bonds. The Morgan fingerprint density at radius 3 is 2.19 bits per heavy atom. The van der Waals surface area contributed by atoms with Gasteiger partial charge in [0.25, 0.3) is 5.91 Å². The van der Waals surface area contributed by atoms with Gasteiger partial charge in [0, 0.05) is 81.6 Å². The number of piperidine rings is 2. The zero-order valence-corrected chi connectivity index (χ0v) is 30.1. The van der Waals surface area contributed by atoms with Crippen LogP contribution in [0, 0.1) is 17.8 Å². The van der Waals surface area contributed by atoms with Crippen molar-refractivity contribution in [2.75, 3.05) is 55.6 Å². The lowest BCUT2D eigenvalue weighted by Gasteiger charge is -2.40. The maximum atomic E-state index is 13.1. The number of fused-ring (bicyclic) bond motifs is 2. The first-order chi connectivity index (χ1) is 25.4. The second-order valence-electron chi connectivity index (χ2n) is 16.4. The van der Waals surface area contributed by atoms with Crippen LogP contribution in [0.3, 0.4) is 0 Å². The van der Waals surface area contributed by atoms with Crippen molar-refractivity contribution in [3.8, 4) is 5.75 Å². The summed E-state index contributed by atoms with van der Waals surface area (Å²) < 4.78 is 0. The number of imide groups is 1. The van der Waals surface area contributed by atoms with E-state index in [1.807, 2.05) is 18.2 Å². The largest absolute Gasteiger partial charge is 0.508 e. The molecule has 9 heteroatoms. The van der Waals surface area contributed by atoms with Crippen LogP contribution in [0.2, 0.25) is 0 Å². The number of piperazine rings is 1. The second kappa shape index (κ2) is 13.9. The lowest BCUT2D eigenvalue weighted by molar-refractivity contribution is -0.136. The van der Waals surface area contributed by atoms with Crippen molar-refractivity contribution >= 4 is 29.1 Å². The Bertz CT molecular complexity index is 1840. The number of phenols is 1. The van der Waals surface area contributed by atoms with E-state index in [0.717, 1.165) is 69.4 Å². The summed E-state index contributed by atoms with van der Waals surface area (Å²) in [7, 11) is 0. The number of benzene rings is 3. The van der Waals surface area contributed by atoms with Crippen molar-refractivity contribution in [1.29, 1.82) is 0 Å². The van der Waals surface area contributed by atoms with Gasteiger partial charge in [-0.2, -0.15) is 0 Å². The number of anilines is 2. The monoisotopic (exact) mass is 701 g/mol. The number of nitrogens with zero attached hydrogens (tertiary/aromatic N) is 4. The van der Waals surface area contributed by atoms with E-state index in [1.54, 1.807) is 4.90 Å². The minimum atomic E-state index is -0.580. The predicted molar refractivity (Wildman–Crippen MR) is 202 cm³/mol. The van der Waals surface area contributed by atoms with Gasteiger partial charge in [0.1, 0.15) is 11.8 Å². The van der Waals surface area contributed by atoms with E-state index in [1.165, 1.54) is 60.9 Å². The van der Waals surface area contributed by atoms with Crippen molar-refractivity contribution < 1.29 is 19.5 Å². The van der Waals surface area contributed by atoms with Crippen LogP contribution in [-0.4, -0.2) is 84.5 Å². The maximum absolute atomic E-state index is 13.1. The third-order valence-electron chi connectivity index (χ3n) is 13.0. The van der Waals surface area contributed by atoms with Crippen LogP contribution in [-0.2, 0) is 22.6 Å². The van der Waals surface area contributed by atoms with Crippen molar-refractivity contribution in [3.63, 3.8) is 0 Å². The fourth-order valence-electron chi connectivity index (χ4n) is 9.94. The van der Waals surface area contributed by atoms with Crippen LogP contribution in [0.4, 0.5) is 11.4 Å². The Morgan fingerprint density at radius 1 is 0.692 bits per heavy atom. The van der Waals surface area contributed by atoms with Gasteiger partial charge in [0.05, 0.1) is 0 Å². The van der Waals surface area contributed by atoms with Crippen LogP contribution in [0.5, 0.6) is 5.75 Å². The molecule has 2 N–H and O–H groups in total. The third-order valence-corrected chi connectivity index (χ3v) is 13.0. The molecule has 9 nitrogen and oxygen atoms in total. The number of aromatic hydroxyl groups is 1. The number of carbonyl (C=O) groups excluding carboxylic acids is 3. The molecule has 3 saturated heterocycles. The number of aryl methyl sites for hydroxylation is 1. The highest BCUT2D eigenvalue weighted by Crippen LogP contribution is 2.48. The molecule has 4 fully saturated rings. The summed E-state index contributed by atoms with van der Waals surface area (Å²) in [6, 6.07) is 21.1. The molecule has 0 aromatic heterocycles. The fraction of sp³-hybridized carbons (Fsp3) is 0.512. The first-order valence-electron chi connectivity index (χ1n) is 19.8. The Hall–Kier alpha value is -4.37. The molecule has 3 atom stereocenters. The lowest BCUT2D eigenvalue weighted by Crippen LogP contribution is -2.52. The van der Waals surface area contributed by atoms with E-state index in [2.05, 4.69) is 62.5 Å². The van der Waals surface area contributed by atoms with Gasteiger partial charge >= 0.3 is 0 Å². The Labute approximate surface area is 307 Å². The molecular weight excluding hydrogens is 651 g/mol. The van der Waals surface area contributed by atoms with E-state index >= 15 is 0 Å². The zero-order valence-electron chi connectivity index (χ0n) is 30.1. The molecule has 9 rings (SSSR count). The smallest absolute Gasteiger partial charge is 0.255 e. The number of rotatable bonds is 8. The molecule has 3 aromatic rings. The van der Waals surface area contributed by atoms with Crippen LogP contribution < -0.4 is 15.1 Å². The highest BCUT2D eigenvalue weighted by molar-refractivity contribution is 6.05. The van der Waals surface area contributed by atoms with Crippen molar-refractivity contribution in [3.05, 3.63) is 88.5 Å². The average molecular weight is 702 g/mol. The standard InChI is InChI=1S/C43H51N5O4/c49-36-10-12-37-31(25-36)3-4-32(23-28-1-2-28)41(37)30-5-7-34(8-6-30)46-17-15-29(16-18-46)26-45-19-21-47(22-20-45)35-9-11-38-33(24-35)27-48(43(38)52)39-13-14-40(50)44-42(39)51/h5-12,24-25,28-29,32,39,41,49H,1-4,13-23,26-27H2,(H,44,50,51)/t32-,39+,41+/m1/s1. The van der Waals surface area contributed by atoms with Crippen LogP contribution in [0.15, 0.2) is 60.7 Å². The number of nitrogens with one attached hydrogen (secondary N) is 1. The number of amides is 3. The molecule has 0 radical (unpaired) electrons. The van der Waals surface area contributed by atoms with Gasteiger partial charge < -0.3 is 19.8 Å². The van der Waals surface area contributed by atoms with Crippen molar-refractivity contribution in [1.82, 2.24) is 15.1 Å². The molecule has 272 valence electrons. The van der Waals surface area contributed by atoms with E-state index in [0.29, 0.717) is 42.0 Å². The first kappa shape index (κ1) is 33.5. The lowest BCUT2D eigenvalue weighted by atomic mass is 9.70. The molecule has 4 aliphatic heterocycles. The summed E-state index contributed by atoms with van der Waals surface area (Å²) in [6.07, 6.45) is 9.50. The summed E-state index contributed by atoms with van der Waals surface area (Å²) in [5, 5.41) is 12.5. The SMILES string of the molecule is O=C1CC[C@H](N2Cc3cc(N4CCN(CC5CCN(c6ccc([C@@H]7c8ccc(O)cc8CC[C@@H]7CC7CC7)cc6)CC5)CC4)ccc3C2=O)C(=O)N1. The summed E-state index contributed by atoms with van der Waals surface area (Å²) in [5.41, 5.74) is 8.29. The molecule has 3 aromatic carbocycles. The average Bonchev–Trinajstić information content (AvgIpc) is 3.92. The fourth-order valence-corrected chi connectivity index (χ4v) is 9.94. The predicted octanol–water partition coefficient (Wildman–Crippen LogP) is 5.69. The summed E-state index contributed by atoms with van der Waals surface area (Å²) in [5.74, 6) is 2.37. The number of carbonyl (C=O) groups is 3. The third kappa shape index (κ3) is 6.68. The van der Waals surface area contributed by atoms with Gasteiger partial charge in [-0.05, 0) is 121 Å². The van der Waals surface area contributed by atoms with Gasteiger partial charge in [-0.1, -0.05) is 31.0 Å². The number of phenolic OH excluding ortho intramolecular Hbond substituents is 1. The van der Waals surface area contributed by atoms with Crippen molar-refractivity contribution in [2.45, 2.75) is 76.3 Å². The molecule has 6 aliphatic rings. The van der Waals surface area contributed by atoms with E-state index in [-0.39, 0.29) is 24.1 Å². The highest BCUT2D eigenvalue weighted by Gasteiger charge is 2.40. The quantitative estimate of drug-likeness (QED) is 0.292. The summed E-state index contributed by atoms with van der Waals surface area (Å²) in [4.78, 5) is 46.5. The number of hydrogen-bond acceptors (Lipinski definition) is 7. The first-order valence-corrected chi connectivity index (χ1v) is 19.8. The van der Waals surface area contributed by atoms with Gasteiger partial charge in [-0.3, -0.25) is 24.6 Å². The van der Waals surface area contributed by atoms with Gasteiger partial charge in [-0.15, -0.1) is 0 Å². The second-order valence-corrected chi connectivity index (χ2v) is 16.4. The van der Waals surface area contributed by atoms with Gasteiger partial charge in [-0.25, -0.2) is 0 Å². The minimum Gasteiger partial charge on any atom is -0.508 e. The highest BCUT2D eigenvalue weighted by atomic mass is 16.3. The topological polar surface area (TPSA) is 96.4 Å². The molecule has 2 aliphatic carbocycles. The molecule has 0 spiro atoms. The number of hydrogen-bond donors (Lipinski definition) is 2. The summed E-state index contributed by atoms with van der Waals surface area (Å²) >= 11 is 0.